The Morgan fingerprint density at radius 3 is 0.783 bits per heavy atom. The molecule has 0 bridgehead atoms. The summed E-state index contributed by atoms with van der Waals surface area (Å²) in [5.74, 6) is -2.23. The summed E-state index contributed by atoms with van der Waals surface area (Å²) in [6.45, 7) is 4.57. The molecule has 106 heavy (non-hydrogen) atoms. The second-order valence-electron chi connectivity index (χ2n) is 27.3. The molecule has 0 aromatic carbocycles. The summed E-state index contributed by atoms with van der Waals surface area (Å²) in [5, 5.41) is 10.7. The Bertz CT molecular complexity index is 2530. The van der Waals surface area contributed by atoms with E-state index in [-0.39, 0.29) is 25.7 Å². The van der Waals surface area contributed by atoms with Crippen LogP contribution >= 0.6 is 15.6 Å². The number of carbonyl (C=O) groups is 4. The normalized spacial score (nSPS) is 14.5. The zero-order valence-corrected chi connectivity index (χ0v) is 68.4. The van der Waals surface area contributed by atoms with Gasteiger partial charge >= 0.3 is 39.5 Å². The number of aliphatic hydroxyl groups is 1. The summed E-state index contributed by atoms with van der Waals surface area (Å²) in [6.07, 6.45) is 88.4. The van der Waals surface area contributed by atoms with Gasteiger partial charge in [0.2, 0.25) is 0 Å². The van der Waals surface area contributed by atoms with Crippen LogP contribution in [0.3, 0.4) is 0 Å². The van der Waals surface area contributed by atoms with E-state index in [1.54, 1.807) is 0 Å². The maximum Gasteiger partial charge on any atom is 0.472 e. The number of unbranched alkanes of at least 4 members (excludes halogenated alkanes) is 29. The number of phosphoric ester groups is 2. The van der Waals surface area contributed by atoms with Gasteiger partial charge in [-0.25, -0.2) is 9.13 Å². The van der Waals surface area contributed by atoms with Gasteiger partial charge in [0.05, 0.1) is 26.4 Å². The highest BCUT2D eigenvalue weighted by Gasteiger charge is 2.30. The van der Waals surface area contributed by atoms with Gasteiger partial charge in [0.1, 0.15) is 19.3 Å². The Hall–Kier alpha value is -4.80. The van der Waals surface area contributed by atoms with Crippen molar-refractivity contribution in [3.63, 3.8) is 0 Å². The number of hydrogen-bond acceptors (Lipinski definition) is 15. The average Bonchev–Trinajstić information content (AvgIpc) is 0.899. The SMILES string of the molecule is CC/C=C\C/C=C\C/C=C\C/C=C\CCCCCCC(=O)OC(COC(=O)CCCCCCCC/C=C\C/C=C\C/C=C\CCCCC)COP(=O)(O)OCC(O)COP(=O)(O)OCC(COC(=O)CCCCCCCCC/C=C\C/C=C\C/C=C\CC)OC(=O)CCCCCCC/C=C\CCCCCC. The lowest BCUT2D eigenvalue weighted by molar-refractivity contribution is -0.161. The van der Waals surface area contributed by atoms with Gasteiger partial charge in [-0.15, -0.1) is 0 Å². The number of carbonyl (C=O) groups excluding carboxylic acids is 4. The number of allylic oxidation sites excluding steroid dienone is 22. The standard InChI is InChI=1S/C87H148O17P2/c1-5-9-13-17-21-25-29-33-36-39-40-43-45-49-52-56-60-64-68-72-85(90)98-78-83(104-87(92)74-70-66-62-58-54-50-46-42-38-35-31-27-23-19-15-11-7-3)80-102-106(95,96)100-76-81(88)75-99-105(93,94)101-79-82(103-86(91)73-69-65-61-57-53-47-32-28-24-20-16-12-8-4)77-97-84(89)71-67-63-59-55-51-48-44-41-37-34-30-26-22-18-14-10-6-2/h10-11,14-15,21-23,25-28,32-38,40,43,46,50,81-83,88H,5-9,12-13,16-20,24,29-31,39,41-42,44-45,47-49,51-80H2,1-4H3,(H,93,94)(H,95,96)/b14-10-,15-11-,25-21-,26-22-,27-23-,32-28-,36-33-,37-34-,38-35-,43-40-,50-46-. The second kappa shape index (κ2) is 78.3. The first-order valence-electron chi connectivity index (χ1n) is 41.4. The molecule has 0 radical (unpaired) electrons. The minimum absolute atomic E-state index is 0.0609. The highest BCUT2D eigenvalue weighted by Crippen LogP contribution is 2.45. The second-order valence-corrected chi connectivity index (χ2v) is 30.2. The van der Waals surface area contributed by atoms with E-state index in [4.69, 9.17) is 37.0 Å². The lowest BCUT2D eigenvalue weighted by Crippen LogP contribution is -2.30. The fourth-order valence-corrected chi connectivity index (χ4v) is 12.4. The largest absolute Gasteiger partial charge is 0.472 e. The number of ether oxygens (including phenoxy) is 4. The fourth-order valence-electron chi connectivity index (χ4n) is 10.8. The first kappa shape index (κ1) is 101. The Labute approximate surface area is 644 Å². The van der Waals surface area contributed by atoms with E-state index in [1.165, 1.54) is 44.9 Å². The van der Waals surface area contributed by atoms with Gasteiger partial charge in [-0.3, -0.25) is 37.3 Å². The van der Waals surface area contributed by atoms with Gasteiger partial charge in [0.25, 0.3) is 0 Å². The lowest BCUT2D eigenvalue weighted by Gasteiger charge is -2.21. The third kappa shape index (κ3) is 77.4. The van der Waals surface area contributed by atoms with Gasteiger partial charge < -0.3 is 33.8 Å². The molecule has 0 saturated heterocycles. The number of hydrogen-bond donors (Lipinski definition) is 3. The van der Waals surface area contributed by atoms with Gasteiger partial charge in [0, 0.05) is 25.7 Å². The Kier molecular flexibility index (Phi) is 74.8. The molecule has 0 saturated carbocycles. The van der Waals surface area contributed by atoms with Crippen molar-refractivity contribution in [2.45, 2.75) is 354 Å². The van der Waals surface area contributed by atoms with Crippen molar-refractivity contribution in [2.75, 3.05) is 39.6 Å². The quantitative estimate of drug-likeness (QED) is 0.0169. The van der Waals surface area contributed by atoms with Crippen LogP contribution in [0.5, 0.6) is 0 Å². The predicted octanol–water partition coefficient (Wildman–Crippen LogP) is 24.4. The Morgan fingerprint density at radius 1 is 0.274 bits per heavy atom. The van der Waals surface area contributed by atoms with Crippen LogP contribution in [0.25, 0.3) is 0 Å². The van der Waals surface area contributed by atoms with Crippen LogP contribution in [0.2, 0.25) is 0 Å². The zero-order valence-electron chi connectivity index (χ0n) is 66.6. The highest BCUT2D eigenvalue weighted by molar-refractivity contribution is 7.47. The minimum atomic E-state index is -4.99. The van der Waals surface area contributed by atoms with Crippen molar-refractivity contribution in [2.24, 2.45) is 0 Å². The summed E-state index contributed by atoms with van der Waals surface area (Å²) in [5.41, 5.74) is 0. The van der Waals surface area contributed by atoms with E-state index >= 15 is 0 Å². The van der Waals surface area contributed by atoms with Crippen molar-refractivity contribution in [3.05, 3.63) is 134 Å². The monoisotopic (exact) mass is 1530 g/mol. The first-order valence-corrected chi connectivity index (χ1v) is 44.4. The molecule has 5 atom stereocenters. The Balaban J connectivity index is 5.40. The molecule has 0 aliphatic carbocycles. The number of rotatable bonds is 77. The first-order chi connectivity index (χ1) is 51.7. The van der Waals surface area contributed by atoms with Crippen molar-refractivity contribution in [1.82, 2.24) is 0 Å². The average molecular weight is 1530 g/mol. The zero-order chi connectivity index (χ0) is 77.4. The van der Waals surface area contributed by atoms with Crippen LogP contribution in [0.1, 0.15) is 336 Å². The third-order valence-corrected chi connectivity index (χ3v) is 19.0. The molecule has 0 fully saturated rings. The molecule has 3 N–H and O–H groups in total. The molecule has 0 aromatic rings. The predicted molar refractivity (Wildman–Crippen MR) is 436 cm³/mol. The van der Waals surface area contributed by atoms with E-state index in [0.717, 1.165) is 212 Å². The van der Waals surface area contributed by atoms with Gasteiger partial charge in [-0.1, -0.05) is 283 Å². The molecule has 0 aliphatic rings. The molecule has 19 heteroatoms. The van der Waals surface area contributed by atoms with Gasteiger partial charge in [0.15, 0.2) is 12.2 Å². The maximum absolute atomic E-state index is 13.1. The molecule has 608 valence electrons. The summed E-state index contributed by atoms with van der Waals surface area (Å²) in [7, 11) is -9.98. The van der Waals surface area contributed by atoms with Gasteiger partial charge in [-0.2, -0.15) is 0 Å². The molecular formula is C87H148O17P2. The third-order valence-electron chi connectivity index (χ3n) is 17.1. The summed E-state index contributed by atoms with van der Waals surface area (Å²) >= 11 is 0. The van der Waals surface area contributed by atoms with Crippen molar-refractivity contribution in [3.8, 4) is 0 Å². The van der Waals surface area contributed by atoms with Crippen LogP contribution in [0.15, 0.2) is 134 Å². The van der Waals surface area contributed by atoms with Crippen LogP contribution in [0.4, 0.5) is 0 Å². The van der Waals surface area contributed by atoms with E-state index < -0.39 is 97.5 Å². The van der Waals surface area contributed by atoms with E-state index in [0.29, 0.717) is 25.7 Å². The summed E-state index contributed by atoms with van der Waals surface area (Å²) in [6, 6.07) is 0. The van der Waals surface area contributed by atoms with Crippen molar-refractivity contribution in [1.29, 1.82) is 0 Å². The minimum Gasteiger partial charge on any atom is -0.462 e. The fraction of sp³-hybridized carbons (Fsp3) is 0.701. The number of phosphoric acid groups is 2. The Morgan fingerprint density at radius 2 is 0.491 bits per heavy atom. The molecule has 0 rings (SSSR count). The molecule has 0 aromatic heterocycles. The smallest absolute Gasteiger partial charge is 0.462 e. The van der Waals surface area contributed by atoms with E-state index in [9.17, 15) is 43.2 Å². The van der Waals surface area contributed by atoms with Crippen molar-refractivity contribution >= 4 is 39.5 Å². The molecule has 0 amide bonds. The molecule has 0 heterocycles. The molecule has 0 spiro atoms. The molecule has 5 unspecified atom stereocenters. The maximum atomic E-state index is 13.1. The molecule has 0 aliphatic heterocycles. The van der Waals surface area contributed by atoms with Crippen LogP contribution in [-0.4, -0.2) is 96.7 Å². The van der Waals surface area contributed by atoms with Crippen molar-refractivity contribution < 1.29 is 80.2 Å². The number of aliphatic hydroxyl groups excluding tert-OH is 1. The lowest BCUT2D eigenvalue weighted by atomic mass is 10.1. The topological polar surface area (TPSA) is 237 Å². The molecular weight excluding hydrogens is 1380 g/mol. The van der Waals surface area contributed by atoms with Gasteiger partial charge in [-0.05, 0) is 161 Å². The van der Waals surface area contributed by atoms with Crippen LogP contribution in [0, 0.1) is 0 Å². The van der Waals surface area contributed by atoms with Crippen LogP contribution in [-0.2, 0) is 65.4 Å². The van der Waals surface area contributed by atoms with Crippen LogP contribution < -0.4 is 0 Å². The number of esters is 4. The van der Waals surface area contributed by atoms with E-state index in [1.807, 2.05) is 0 Å². The summed E-state index contributed by atoms with van der Waals surface area (Å²) < 4.78 is 68.7. The summed E-state index contributed by atoms with van der Waals surface area (Å²) in [4.78, 5) is 73.1. The molecule has 17 nitrogen and oxygen atoms in total. The highest BCUT2D eigenvalue weighted by atomic mass is 31.2. The van der Waals surface area contributed by atoms with E-state index in [2.05, 4.69) is 161 Å².